The number of hydrogen-bond acceptors (Lipinski definition) is 5. The van der Waals surface area contributed by atoms with Crippen LogP contribution < -0.4 is 11.1 Å². The first-order chi connectivity index (χ1) is 10.1. The molecular formula is C15H20N4OS. The predicted molar refractivity (Wildman–Crippen MR) is 86.9 cm³/mol. The van der Waals surface area contributed by atoms with Crippen LogP contribution >= 0.6 is 11.3 Å². The van der Waals surface area contributed by atoms with E-state index in [0.717, 1.165) is 54.1 Å². The van der Waals surface area contributed by atoms with Gasteiger partial charge in [0.1, 0.15) is 9.71 Å². The molecule has 1 aliphatic rings. The predicted octanol–water partition coefficient (Wildman–Crippen LogP) is 1.93. The van der Waals surface area contributed by atoms with Gasteiger partial charge in [-0.1, -0.05) is 0 Å². The first-order valence-electron chi connectivity index (χ1n) is 7.24. The number of aromatic nitrogens is 1. The molecule has 0 aliphatic carbocycles. The minimum Gasteiger partial charge on any atom is -0.397 e. The number of thiophene rings is 1. The van der Waals surface area contributed by atoms with Crippen molar-refractivity contribution in [2.75, 3.05) is 31.9 Å². The number of amides is 1. The summed E-state index contributed by atoms with van der Waals surface area (Å²) in [6.45, 7) is 7.30. The zero-order valence-electron chi connectivity index (χ0n) is 12.4. The van der Waals surface area contributed by atoms with Gasteiger partial charge in [-0.05, 0) is 38.4 Å². The van der Waals surface area contributed by atoms with Crippen LogP contribution in [-0.4, -0.2) is 42.0 Å². The second-order valence-electron chi connectivity index (χ2n) is 5.50. The molecule has 0 saturated carbocycles. The van der Waals surface area contributed by atoms with Crippen LogP contribution in [0.15, 0.2) is 6.07 Å². The lowest BCUT2D eigenvalue weighted by molar-refractivity contribution is 0.0772. The monoisotopic (exact) mass is 304 g/mol. The second kappa shape index (κ2) is 5.61. The lowest BCUT2D eigenvalue weighted by Gasteiger charge is -2.19. The summed E-state index contributed by atoms with van der Waals surface area (Å²) in [4.78, 5) is 20.6. The van der Waals surface area contributed by atoms with Gasteiger partial charge in [-0.2, -0.15) is 0 Å². The highest BCUT2D eigenvalue weighted by molar-refractivity contribution is 7.21. The van der Waals surface area contributed by atoms with Crippen molar-refractivity contribution < 1.29 is 4.79 Å². The van der Waals surface area contributed by atoms with Gasteiger partial charge in [0.05, 0.1) is 5.69 Å². The van der Waals surface area contributed by atoms with Crippen LogP contribution in [-0.2, 0) is 0 Å². The van der Waals surface area contributed by atoms with Crippen LogP contribution in [0, 0.1) is 13.8 Å². The number of pyridine rings is 1. The van der Waals surface area contributed by atoms with Gasteiger partial charge in [0.15, 0.2) is 0 Å². The average Bonchev–Trinajstić information content (AvgIpc) is 2.64. The maximum Gasteiger partial charge on any atom is 0.266 e. The standard InChI is InChI=1S/C15H20N4OS/c1-9-8-10(2)18-14-11(9)12(16)13(21-14)15(20)19-6-3-4-17-5-7-19/h8,17H,3-7,16H2,1-2H3. The maximum absolute atomic E-state index is 12.7. The Labute approximate surface area is 128 Å². The van der Waals surface area contributed by atoms with E-state index in [0.29, 0.717) is 10.6 Å². The normalized spacial score (nSPS) is 16.2. The van der Waals surface area contributed by atoms with E-state index in [4.69, 9.17) is 5.73 Å². The molecule has 3 N–H and O–H groups in total. The number of hydrogen-bond donors (Lipinski definition) is 2. The molecule has 0 unspecified atom stereocenters. The van der Waals surface area contributed by atoms with Gasteiger partial charge in [-0.25, -0.2) is 4.98 Å². The maximum atomic E-state index is 12.7. The van der Waals surface area contributed by atoms with E-state index in [9.17, 15) is 4.79 Å². The number of aryl methyl sites for hydroxylation is 2. The fourth-order valence-electron chi connectivity index (χ4n) is 2.82. The Bertz CT molecular complexity index is 687. The summed E-state index contributed by atoms with van der Waals surface area (Å²) in [5.74, 6) is 0.0382. The molecule has 3 rings (SSSR count). The molecule has 1 aliphatic heterocycles. The van der Waals surface area contributed by atoms with E-state index >= 15 is 0 Å². The largest absolute Gasteiger partial charge is 0.397 e. The number of fused-ring (bicyclic) bond motifs is 1. The number of anilines is 1. The third kappa shape index (κ3) is 2.61. The van der Waals surface area contributed by atoms with E-state index in [1.54, 1.807) is 0 Å². The number of nitrogen functional groups attached to an aromatic ring is 1. The molecule has 0 aromatic carbocycles. The lowest BCUT2D eigenvalue weighted by Crippen LogP contribution is -2.34. The van der Waals surface area contributed by atoms with Gasteiger partial charge in [0.2, 0.25) is 0 Å². The van der Waals surface area contributed by atoms with Gasteiger partial charge >= 0.3 is 0 Å². The Morgan fingerprint density at radius 1 is 1.38 bits per heavy atom. The first kappa shape index (κ1) is 14.3. The van der Waals surface area contributed by atoms with E-state index < -0.39 is 0 Å². The number of carbonyl (C=O) groups is 1. The highest BCUT2D eigenvalue weighted by atomic mass is 32.1. The van der Waals surface area contributed by atoms with E-state index in [1.807, 2.05) is 24.8 Å². The van der Waals surface area contributed by atoms with E-state index in [-0.39, 0.29) is 5.91 Å². The highest BCUT2D eigenvalue weighted by Gasteiger charge is 2.24. The molecule has 3 heterocycles. The SMILES string of the molecule is Cc1cc(C)c2c(N)c(C(=O)N3CCCNCC3)sc2n1. The number of carbonyl (C=O) groups excluding carboxylic acids is 1. The Hall–Kier alpha value is -1.66. The third-order valence-electron chi connectivity index (χ3n) is 3.85. The van der Waals surface area contributed by atoms with Crippen molar-refractivity contribution in [3.63, 3.8) is 0 Å². The molecule has 0 bridgehead atoms. The minimum atomic E-state index is 0.0382. The molecule has 112 valence electrons. The molecule has 0 radical (unpaired) electrons. The lowest BCUT2D eigenvalue weighted by atomic mass is 10.1. The second-order valence-corrected chi connectivity index (χ2v) is 6.50. The van der Waals surface area contributed by atoms with Crippen molar-refractivity contribution in [3.05, 3.63) is 22.2 Å². The summed E-state index contributed by atoms with van der Waals surface area (Å²) in [5, 5.41) is 4.24. The molecule has 6 heteroatoms. The van der Waals surface area contributed by atoms with E-state index in [1.165, 1.54) is 11.3 Å². The summed E-state index contributed by atoms with van der Waals surface area (Å²) in [6, 6.07) is 2.01. The summed E-state index contributed by atoms with van der Waals surface area (Å²) in [6.07, 6.45) is 0.979. The molecule has 1 amide bonds. The quantitative estimate of drug-likeness (QED) is 0.844. The fourth-order valence-corrected chi connectivity index (χ4v) is 4.00. The average molecular weight is 304 g/mol. The third-order valence-corrected chi connectivity index (χ3v) is 4.93. The Morgan fingerprint density at radius 3 is 3.00 bits per heavy atom. The van der Waals surface area contributed by atoms with Crippen LogP contribution in [0.3, 0.4) is 0 Å². The number of rotatable bonds is 1. The van der Waals surface area contributed by atoms with Crippen molar-refractivity contribution >= 4 is 33.1 Å². The first-order valence-corrected chi connectivity index (χ1v) is 8.06. The number of nitrogens with zero attached hydrogens (tertiary/aromatic N) is 2. The Kier molecular flexibility index (Phi) is 3.82. The van der Waals surface area contributed by atoms with E-state index in [2.05, 4.69) is 10.3 Å². The zero-order valence-corrected chi connectivity index (χ0v) is 13.2. The molecule has 1 saturated heterocycles. The molecule has 2 aromatic rings. The highest BCUT2D eigenvalue weighted by Crippen LogP contribution is 2.35. The van der Waals surface area contributed by atoms with Crippen LogP contribution in [0.5, 0.6) is 0 Å². The fraction of sp³-hybridized carbons (Fsp3) is 0.467. The summed E-state index contributed by atoms with van der Waals surface area (Å²) in [7, 11) is 0. The minimum absolute atomic E-state index is 0.0382. The van der Waals surface area contributed by atoms with Gasteiger partial charge in [-0.15, -0.1) is 11.3 Å². The molecule has 0 atom stereocenters. The van der Waals surface area contributed by atoms with Crippen LogP contribution in [0.25, 0.3) is 10.2 Å². The van der Waals surface area contributed by atoms with Gasteiger partial charge < -0.3 is 16.0 Å². The van der Waals surface area contributed by atoms with Gasteiger partial charge in [-0.3, -0.25) is 4.79 Å². The van der Waals surface area contributed by atoms with Crippen molar-refractivity contribution in [2.45, 2.75) is 20.3 Å². The van der Waals surface area contributed by atoms with Crippen molar-refractivity contribution in [1.82, 2.24) is 15.2 Å². The Morgan fingerprint density at radius 2 is 2.19 bits per heavy atom. The zero-order chi connectivity index (χ0) is 15.0. The molecular weight excluding hydrogens is 284 g/mol. The van der Waals surface area contributed by atoms with Gasteiger partial charge in [0, 0.05) is 30.7 Å². The number of nitrogens with two attached hydrogens (primary N) is 1. The Balaban J connectivity index is 2.01. The molecule has 21 heavy (non-hydrogen) atoms. The van der Waals surface area contributed by atoms with Crippen LogP contribution in [0.2, 0.25) is 0 Å². The topological polar surface area (TPSA) is 71.2 Å². The van der Waals surface area contributed by atoms with Crippen LogP contribution in [0.4, 0.5) is 5.69 Å². The molecule has 2 aromatic heterocycles. The molecule has 5 nitrogen and oxygen atoms in total. The van der Waals surface area contributed by atoms with Crippen molar-refractivity contribution in [3.8, 4) is 0 Å². The summed E-state index contributed by atoms with van der Waals surface area (Å²) in [5.41, 5.74) is 8.87. The molecule has 1 fully saturated rings. The van der Waals surface area contributed by atoms with Crippen molar-refractivity contribution in [1.29, 1.82) is 0 Å². The van der Waals surface area contributed by atoms with Crippen LogP contribution in [0.1, 0.15) is 27.3 Å². The molecule has 0 spiro atoms. The smallest absolute Gasteiger partial charge is 0.266 e. The van der Waals surface area contributed by atoms with Crippen molar-refractivity contribution in [2.24, 2.45) is 0 Å². The number of nitrogens with one attached hydrogen (secondary N) is 1. The van der Waals surface area contributed by atoms with Gasteiger partial charge in [0.25, 0.3) is 5.91 Å². The summed E-state index contributed by atoms with van der Waals surface area (Å²) >= 11 is 1.41. The summed E-state index contributed by atoms with van der Waals surface area (Å²) < 4.78 is 0.